The number of amides is 1. The molecule has 104 valence electrons. The van der Waals surface area contributed by atoms with E-state index in [0.29, 0.717) is 0 Å². The van der Waals surface area contributed by atoms with Crippen LogP contribution in [-0.2, 0) is 19.1 Å². The maximum atomic E-state index is 11.9. The zero-order chi connectivity index (χ0) is 13.9. The first-order valence-corrected chi connectivity index (χ1v) is 5.92. The SMILES string of the molecule is CN(C(=O)COC(C)(C)C)C1COCC1C(=O)O. The molecule has 1 aliphatic heterocycles. The third-order valence-electron chi connectivity index (χ3n) is 2.89. The lowest BCUT2D eigenvalue weighted by Gasteiger charge is -2.28. The molecule has 0 aromatic carbocycles. The number of ether oxygens (including phenoxy) is 2. The Hall–Kier alpha value is -1.14. The second kappa shape index (κ2) is 5.67. The van der Waals surface area contributed by atoms with Crippen LogP contribution in [-0.4, -0.2) is 60.4 Å². The van der Waals surface area contributed by atoms with Gasteiger partial charge in [-0.25, -0.2) is 0 Å². The number of aliphatic carboxylic acids is 1. The molecule has 1 heterocycles. The highest BCUT2D eigenvalue weighted by atomic mass is 16.5. The fraction of sp³-hybridized carbons (Fsp3) is 0.833. The Morgan fingerprint density at radius 3 is 2.50 bits per heavy atom. The highest BCUT2D eigenvalue weighted by molar-refractivity contribution is 5.79. The number of rotatable bonds is 4. The number of carboxylic acids is 1. The first-order valence-electron chi connectivity index (χ1n) is 5.92. The summed E-state index contributed by atoms with van der Waals surface area (Å²) in [6.45, 7) is 5.94. The number of likely N-dealkylation sites (N-methyl/N-ethyl adjacent to an activating group) is 1. The van der Waals surface area contributed by atoms with E-state index in [9.17, 15) is 9.59 Å². The molecule has 0 radical (unpaired) electrons. The Balaban J connectivity index is 2.55. The standard InChI is InChI=1S/C12H21NO5/c1-12(2,3)18-7-10(14)13(4)9-6-17-5-8(9)11(15)16/h8-9H,5-7H2,1-4H3,(H,15,16). The van der Waals surface area contributed by atoms with Crippen molar-refractivity contribution in [1.82, 2.24) is 4.90 Å². The van der Waals surface area contributed by atoms with Gasteiger partial charge in [-0.3, -0.25) is 9.59 Å². The van der Waals surface area contributed by atoms with Crippen LogP contribution in [0.4, 0.5) is 0 Å². The zero-order valence-electron chi connectivity index (χ0n) is 11.3. The third kappa shape index (κ3) is 3.96. The van der Waals surface area contributed by atoms with Crippen LogP contribution < -0.4 is 0 Å². The smallest absolute Gasteiger partial charge is 0.311 e. The predicted octanol–water partition coefficient (Wildman–Crippen LogP) is 0.360. The van der Waals surface area contributed by atoms with E-state index in [2.05, 4.69) is 0 Å². The summed E-state index contributed by atoms with van der Waals surface area (Å²) in [4.78, 5) is 24.3. The van der Waals surface area contributed by atoms with E-state index < -0.39 is 23.5 Å². The summed E-state index contributed by atoms with van der Waals surface area (Å²) in [6, 6.07) is -0.418. The molecule has 1 rings (SSSR count). The molecule has 1 saturated heterocycles. The van der Waals surface area contributed by atoms with Crippen LogP contribution in [0.25, 0.3) is 0 Å². The van der Waals surface area contributed by atoms with Gasteiger partial charge in [0.25, 0.3) is 0 Å². The molecule has 6 heteroatoms. The molecule has 0 saturated carbocycles. The summed E-state index contributed by atoms with van der Waals surface area (Å²) in [5.41, 5.74) is -0.394. The summed E-state index contributed by atoms with van der Waals surface area (Å²) in [5, 5.41) is 9.02. The van der Waals surface area contributed by atoms with E-state index in [1.807, 2.05) is 20.8 Å². The Morgan fingerprint density at radius 2 is 2.00 bits per heavy atom. The molecule has 0 bridgehead atoms. The molecule has 1 N–H and O–H groups in total. The number of carbonyl (C=O) groups excluding carboxylic acids is 1. The van der Waals surface area contributed by atoms with Crippen molar-refractivity contribution in [2.45, 2.75) is 32.4 Å². The fourth-order valence-electron chi connectivity index (χ4n) is 1.73. The normalized spacial score (nSPS) is 24.0. The molecule has 2 atom stereocenters. The highest BCUT2D eigenvalue weighted by Crippen LogP contribution is 2.19. The van der Waals surface area contributed by atoms with Crippen molar-refractivity contribution in [2.24, 2.45) is 5.92 Å². The van der Waals surface area contributed by atoms with Crippen LogP contribution in [0.2, 0.25) is 0 Å². The summed E-state index contributed by atoms with van der Waals surface area (Å²) < 4.78 is 10.5. The quantitative estimate of drug-likeness (QED) is 0.789. The Labute approximate surface area is 107 Å². The number of hydrogen-bond donors (Lipinski definition) is 1. The van der Waals surface area contributed by atoms with Crippen LogP contribution in [0.15, 0.2) is 0 Å². The molecule has 2 unspecified atom stereocenters. The summed E-state index contributed by atoms with van der Waals surface area (Å²) >= 11 is 0. The Morgan fingerprint density at radius 1 is 1.39 bits per heavy atom. The van der Waals surface area contributed by atoms with Crippen molar-refractivity contribution < 1.29 is 24.2 Å². The van der Waals surface area contributed by atoms with E-state index in [1.54, 1.807) is 7.05 Å². The first kappa shape index (κ1) is 14.9. The van der Waals surface area contributed by atoms with Crippen molar-refractivity contribution in [3.63, 3.8) is 0 Å². The van der Waals surface area contributed by atoms with Gasteiger partial charge in [0.05, 0.1) is 24.9 Å². The average Bonchev–Trinajstić information content (AvgIpc) is 2.72. The maximum absolute atomic E-state index is 11.9. The van der Waals surface area contributed by atoms with Gasteiger partial charge in [0.15, 0.2) is 0 Å². The molecule has 1 amide bonds. The van der Waals surface area contributed by atoms with Gasteiger partial charge in [-0.1, -0.05) is 0 Å². The maximum Gasteiger partial charge on any atom is 0.311 e. The minimum Gasteiger partial charge on any atom is -0.481 e. The number of hydrogen-bond acceptors (Lipinski definition) is 4. The molecule has 6 nitrogen and oxygen atoms in total. The third-order valence-corrected chi connectivity index (χ3v) is 2.89. The summed E-state index contributed by atoms with van der Waals surface area (Å²) in [5.74, 6) is -1.82. The van der Waals surface area contributed by atoms with Gasteiger partial charge in [0.2, 0.25) is 5.91 Å². The van der Waals surface area contributed by atoms with E-state index in [1.165, 1.54) is 4.90 Å². The van der Waals surface area contributed by atoms with Crippen LogP contribution in [0.5, 0.6) is 0 Å². The van der Waals surface area contributed by atoms with Gasteiger partial charge in [-0.2, -0.15) is 0 Å². The Bertz CT molecular complexity index is 323. The molecule has 1 aliphatic rings. The van der Waals surface area contributed by atoms with Crippen LogP contribution in [0.1, 0.15) is 20.8 Å². The van der Waals surface area contributed by atoms with E-state index >= 15 is 0 Å². The summed E-state index contributed by atoms with van der Waals surface area (Å²) in [6.07, 6.45) is 0. The molecular formula is C12H21NO5. The molecular weight excluding hydrogens is 238 g/mol. The van der Waals surface area contributed by atoms with Crippen molar-refractivity contribution in [3.8, 4) is 0 Å². The van der Waals surface area contributed by atoms with Crippen molar-refractivity contribution in [2.75, 3.05) is 26.9 Å². The second-order valence-electron chi connectivity index (χ2n) is 5.46. The number of nitrogens with zero attached hydrogens (tertiary/aromatic N) is 1. The molecule has 1 fully saturated rings. The lowest BCUT2D eigenvalue weighted by Crippen LogP contribution is -2.46. The van der Waals surface area contributed by atoms with Gasteiger partial charge >= 0.3 is 5.97 Å². The monoisotopic (exact) mass is 259 g/mol. The van der Waals surface area contributed by atoms with Crippen molar-refractivity contribution in [1.29, 1.82) is 0 Å². The van der Waals surface area contributed by atoms with Crippen molar-refractivity contribution >= 4 is 11.9 Å². The Kier molecular flexibility index (Phi) is 4.70. The largest absolute Gasteiger partial charge is 0.481 e. The fourth-order valence-corrected chi connectivity index (χ4v) is 1.73. The van der Waals surface area contributed by atoms with Crippen molar-refractivity contribution in [3.05, 3.63) is 0 Å². The van der Waals surface area contributed by atoms with E-state index in [4.69, 9.17) is 14.6 Å². The molecule has 0 aromatic heterocycles. The van der Waals surface area contributed by atoms with Gasteiger partial charge in [-0.05, 0) is 20.8 Å². The topological polar surface area (TPSA) is 76.1 Å². The minimum atomic E-state index is -0.936. The van der Waals surface area contributed by atoms with Crippen LogP contribution in [0.3, 0.4) is 0 Å². The molecule has 0 aromatic rings. The lowest BCUT2D eigenvalue weighted by molar-refractivity contribution is -0.147. The second-order valence-corrected chi connectivity index (χ2v) is 5.46. The lowest BCUT2D eigenvalue weighted by atomic mass is 10.0. The van der Waals surface area contributed by atoms with Gasteiger partial charge in [0.1, 0.15) is 12.5 Å². The summed E-state index contributed by atoms with van der Waals surface area (Å²) in [7, 11) is 1.59. The minimum absolute atomic E-state index is 0.0527. The highest BCUT2D eigenvalue weighted by Gasteiger charge is 2.38. The van der Waals surface area contributed by atoms with Gasteiger partial charge in [0, 0.05) is 7.05 Å². The average molecular weight is 259 g/mol. The number of carboxylic acid groups (broad SMARTS) is 1. The van der Waals surface area contributed by atoms with Gasteiger partial charge < -0.3 is 19.5 Å². The molecule has 18 heavy (non-hydrogen) atoms. The molecule has 0 spiro atoms. The molecule has 0 aliphatic carbocycles. The van der Waals surface area contributed by atoms with Gasteiger partial charge in [-0.15, -0.1) is 0 Å². The predicted molar refractivity (Wildman–Crippen MR) is 64.2 cm³/mol. The number of carbonyl (C=O) groups is 2. The van der Waals surface area contributed by atoms with E-state index in [0.717, 1.165) is 0 Å². The first-order chi connectivity index (χ1) is 8.22. The van der Waals surface area contributed by atoms with E-state index in [-0.39, 0.29) is 25.7 Å². The van der Waals surface area contributed by atoms with Crippen LogP contribution >= 0.6 is 0 Å². The van der Waals surface area contributed by atoms with Crippen LogP contribution in [0, 0.1) is 5.92 Å². The zero-order valence-corrected chi connectivity index (χ0v) is 11.3.